The highest BCUT2D eigenvalue weighted by Crippen LogP contribution is 2.27. The van der Waals surface area contributed by atoms with Crippen molar-refractivity contribution >= 4 is 18.3 Å². The molecule has 0 unspecified atom stereocenters. The second-order valence-electron chi connectivity index (χ2n) is 2.89. The van der Waals surface area contributed by atoms with Crippen LogP contribution in [-0.2, 0) is 9.59 Å². The van der Waals surface area contributed by atoms with Gasteiger partial charge < -0.3 is 15.0 Å². The van der Waals surface area contributed by atoms with E-state index in [0.717, 1.165) is 0 Å². The van der Waals surface area contributed by atoms with Crippen LogP contribution >= 0.6 is 0 Å². The minimum absolute atomic E-state index is 0.0537. The molecule has 13 heavy (non-hydrogen) atoms. The lowest BCUT2D eigenvalue weighted by Crippen LogP contribution is -2.53. The minimum atomic E-state index is -1.86. The SMILES string of the molecule is O=C[C@]1(C(=O)O)CCCN1C(=O)O. The Balaban J connectivity index is 3.03. The number of nitrogens with zero attached hydrogens (tertiary/aromatic N) is 1. The molecule has 1 heterocycles. The summed E-state index contributed by atoms with van der Waals surface area (Å²) in [6.45, 7) is 0.0976. The highest BCUT2D eigenvalue weighted by Gasteiger charge is 2.50. The summed E-state index contributed by atoms with van der Waals surface area (Å²) >= 11 is 0. The molecule has 1 saturated heterocycles. The molecule has 1 atom stereocenters. The van der Waals surface area contributed by atoms with E-state index in [1.165, 1.54) is 0 Å². The van der Waals surface area contributed by atoms with Gasteiger partial charge in [-0.15, -0.1) is 0 Å². The van der Waals surface area contributed by atoms with Gasteiger partial charge in [0.15, 0.2) is 11.8 Å². The Morgan fingerprint density at radius 1 is 1.38 bits per heavy atom. The molecule has 6 nitrogen and oxygen atoms in total. The number of carboxylic acids is 1. The molecule has 1 fully saturated rings. The average Bonchev–Trinajstić information content (AvgIpc) is 2.48. The summed E-state index contributed by atoms with van der Waals surface area (Å²) in [5.74, 6) is -1.40. The van der Waals surface area contributed by atoms with E-state index in [1.807, 2.05) is 0 Å². The fourth-order valence-corrected chi connectivity index (χ4v) is 1.50. The van der Waals surface area contributed by atoms with Crippen molar-refractivity contribution in [1.82, 2.24) is 4.90 Å². The van der Waals surface area contributed by atoms with E-state index in [9.17, 15) is 14.4 Å². The van der Waals surface area contributed by atoms with Crippen molar-refractivity contribution in [3.8, 4) is 0 Å². The largest absolute Gasteiger partial charge is 0.479 e. The van der Waals surface area contributed by atoms with Crippen LogP contribution in [0.15, 0.2) is 0 Å². The molecule has 1 rings (SSSR count). The lowest BCUT2D eigenvalue weighted by Gasteiger charge is -2.26. The summed E-state index contributed by atoms with van der Waals surface area (Å²) in [6.07, 6.45) is -0.724. The standard InChI is InChI=1S/C7H9NO5/c9-4-7(5(10)11)2-1-3-8(7)6(12)13/h4H,1-3H2,(H,10,11)(H,12,13)/t7-/m0/s1. The molecular formula is C7H9NO5. The zero-order valence-electron chi connectivity index (χ0n) is 6.77. The van der Waals surface area contributed by atoms with E-state index in [2.05, 4.69) is 0 Å². The number of likely N-dealkylation sites (tertiary alicyclic amines) is 1. The molecule has 0 radical (unpaired) electrons. The van der Waals surface area contributed by atoms with E-state index in [4.69, 9.17) is 10.2 Å². The summed E-state index contributed by atoms with van der Waals surface area (Å²) in [4.78, 5) is 32.6. The molecule has 6 heteroatoms. The normalized spacial score (nSPS) is 27.2. The smallest absolute Gasteiger partial charge is 0.408 e. The highest BCUT2D eigenvalue weighted by molar-refractivity contribution is 6.00. The van der Waals surface area contributed by atoms with E-state index in [0.29, 0.717) is 11.3 Å². The lowest BCUT2D eigenvalue weighted by molar-refractivity contribution is -0.150. The van der Waals surface area contributed by atoms with Crippen LogP contribution in [0.2, 0.25) is 0 Å². The number of carbonyl (C=O) groups excluding carboxylic acids is 1. The number of hydrogen-bond acceptors (Lipinski definition) is 3. The average molecular weight is 187 g/mol. The van der Waals surface area contributed by atoms with E-state index in [-0.39, 0.29) is 19.3 Å². The predicted molar refractivity (Wildman–Crippen MR) is 40.4 cm³/mol. The van der Waals surface area contributed by atoms with Crippen LogP contribution in [0.3, 0.4) is 0 Å². The number of amides is 1. The van der Waals surface area contributed by atoms with E-state index in [1.54, 1.807) is 0 Å². The van der Waals surface area contributed by atoms with Crippen molar-refractivity contribution < 1.29 is 24.6 Å². The third-order valence-corrected chi connectivity index (χ3v) is 2.22. The van der Waals surface area contributed by atoms with Crippen molar-refractivity contribution in [1.29, 1.82) is 0 Å². The van der Waals surface area contributed by atoms with E-state index >= 15 is 0 Å². The molecule has 0 aromatic heterocycles. The zero-order chi connectivity index (χ0) is 10.1. The molecular weight excluding hydrogens is 178 g/mol. The number of carboxylic acid groups (broad SMARTS) is 2. The van der Waals surface area contributed by atoms with Crippen LogP contribution in [0.1, 0.15) is 12.8 Å². The van der Waals surface area contributed by atoms with Gasteiger partial charge in [-0.25, -0.2) is 9.59 Å². The van der Waals surface area contributed by atoms with Gasteiger partial charge in [-0.05, 0) is 12.8 Å². The Morgan fingerprint density at radius 2 is 2.00 bits per heavy atom. The van der Waals surface area contributed by atoms with Crippen molar-refractivity contribution in [2.24, 2.45) is 0 Å². The number of aliphatic carboxylic acids is 1. The van der Waals surface area contributed by atoms with Crippen LogP contribution in [0.4, 0.5) is 4.79 Å². The van der Waals surface area contributed by atoms with Crippen LogP contribution < -0.4 is 0 Å². The van der Waals surface area contributed by atoms with Crippen LogP contribution in [0.25, 0.3) is 0 Å². The van der Waals surface area contributed by atoms with Crippen molar-refractivity contribution in [2.45, 2.75) is 18.4 Å². The second kappa shape index (κ2) is 3.04. The highest BCUT2D eigenvalue weighted by atomic mass is 16.4. The molecule has 0 spiro atoms. The monoisotopic (exact) mass is 187 g/mol. The number of aldehydes is 1. The summed E-state index contributed by atoms with van der Waals surface area (Å²) in [6, 6.07) is 0. The Hall–Kier alpha value is -1.59. The van der Waals surface area contributed by atoms with Gasteiger partial charge >= 0.3 is 12.1 Å². The van der Waals surface area contributed by atoms with Crippen molar-refractivity contribution in [2.75, 3.05) is 6.54 Å². The number of carbonyl (C=O) groups is 3. The van der Waals surface area contributed by atoms with Gasteiger partial charge in [-0.2, -0.15) is 0 Å². The molecule has 0 bridgehead atoms. The molecule has 0 aromatic rings. The molecule has 0 aromatic carbocycles. The third-order valence-electron chi connectivity index (χ3n) is 2.22. The number of rotatable bonds is 2. The number of hydrogen-bond donors (Lipinski definition) is 2. The molecule has 2 N–H and O–H groups in total. The van der Waals surface area contributed by atoms with Gasteiger partial charge in [0.1, 0.15) is 0 Å². The third kappa shape index (κ3) is 1.24. The molecule has 1 amide bonds. The summed E-state index contributed by atoms with van der Waals surface area (Å²) < 4.78 is 0. The summed E-state index contributed by atoms with van der Waals surface area (Å²) in [5.41, 5.74) is -1.86. The van der Waals surface area contributed by atoms with Crippen LogP contribution in [0.5, 0.6) is 0 Å². The van der Waals surface area contributed by atoms with Crippen LogP contribution in [-0.4, -0.2) is 45.5 Å². The van der Waals surface area contributed by atoms with Crippen molar-refractivity contribution in [3.63, 3.8) is 0 Å². The van der Waals surface area contributed by atoms with Gasteiger partial charge in [0.25, 0.3) is 0 Å². The first kappa shape index (κ1) is 9.50. The van der Waals surface area contributed by atoms with Gasteiger partial charge in [0, 0.05) is 6.54 Å². The Labute approximate surface area is 73.8 Å². The maximum absolute atomic E-state index is 10.7. The van der Waals surface area contributed by atoms with Gasteiger partial charge in [0.2, 0.25) is 0 Å². The zero-order valence-corrected chi connectivity index (χ0v) is 6.77. The first-order valence-electron chi connectivity index (χ1n) is 3.75. The fourth-order valence-electron chi connectivity index (χ4n) is 1.50. The maximum Gasteiger partial charge on any atom is 0.408 e. The summed E-state index contributed by atoms with van der Waals surface area (Å²) in [7, 11) is 0. The first-order chi connectivity index (χ1) is 6.04. The Kier molecular flexibility index (Phi) is 2.22. The van der Waals surface area contributed by atoms with Crippen molar-refractivity contribution in [3.05, 3.63) is 0 Å². The molecule has 72 valence electrons. The minimum Gasteiger partial charge on any atom is -0.479 e. The van der Waals surface area contributed by atoms with Crippen LogP contribution in [0, 0.1) is 0 Å². The molecule has 0 saturated carbocycles. The quantitative estimate of drug-likeness (QED) is 0.460. The summed E-state index contributed by atoms with van der Waals surface area (Å²) in [5, 5.41) is 17.4. The van der Waals surface area contributed by atoms with E-state index < -0.39 is 17.6 Å². The Bertz CT molecular complexity index is 264. The topological polar surface area (TPSA) is 94.9 Å². The first-order valence-corrected chi connectivity index (χ1v) is 3.75. The molecule has 1 aliphatic rings. The van der Waals surface area contributed by atoms with Gasteiger partial charge in [-0.3, -0.25) is 4.90 Å². The predicted octanol–water partition coefficient (Wildman–Crippen LogP) is -0.218. The second-order valence-corrected chi connectivity index (χ2v) is 2.89. The lowest BCUT2D eigenvalue weighted by atomic mass is 9.99. The molecule has 0 aliphatic carbocycles. The maximum atomic E-state index is 10.7. The van der Waals surface area contributed by atoms with Gasteiger partial charge in [0.05, 0.1) is 0 Å². The van der Waals surface area contributed by atoms with Gasteiger partial charge in [-0.1, -0.05) is 0 Å². The fraction of sp³-hybridized carbons (Fsp3) is 0.571. The Morgan fingerprint density at radius 3 is 2.31 bits per heavy atom. The molecule has 1 aliphatic heterocycles.